The topological polar surface area (TPSA) is 23.8 Å². The SMILES string of the molecule is CCC=CCCCC=CC#N. The minimum absolute atomic E-state index is 1.02. The van der Waals surface area contributed by atoms with Gasteiger partial charge >= 0.3 is 0 Å². The number of rotatable bonds is 5. The van der Waals surface area contributed by atoms with E-state index in [2.05, 4.69) is 19.1 Å². The molecule has 0 aliphatic carbocycles. The third kappa shape index (κ3) is 8.97. The summed E-state index contributed by atoms with van der Waals surface area (Å²) < 4.78 is 0. The van der Waals surface area contributed by atoms with E-state index in [1.54, 1.807) is 6.08 Å². The third-order valence-corrected chi connectivity index (χ3v) is 1.34. The second-order valence-electron chi connectivity index (χ2n) is 2.34. The lowest BCUT2D eigenvalue weighted by molar-refractivity contribution is 0.865. The molecule has 1 heteroatoms. The number of allylic oxidation sites excluding steroid dienone is 4. The van der Waals surface area contributed by atoms with Crippen LogP contribution in [0.4, 0.5) is 0 Å². The monoisotopic (exact) mass is 149 g/mol. The molecule has 0 atom stereocenters. The molecule has 0 saturated carbocycles. The summed E-state index contributed by atoms with van der Waals surface area (Å²) in [6, 6.07) is 1.97. The molecule has 0 unspecified atom stereocenters. The molecule has 0 aliphatic heterocycles. The summed E-state index contributed by atoms with van der Waals surface area (Å²) in [5.41, 5.74) is 0. The molecule has 60 valence electrons. The number of nitrogens with zero attached hydrogens (tertiary/aromatic N) is 1. The highest BCUT2D eigenvalue weighted by atomic mass is 14.2. The predicted octanol–water partition coefficient (Wildman–Crippen LogP) is 3.20. The van der Waals surface area contributed by atoms with E-state index in [1.165, 1.54) is 0 Å². The molecule has 0 N–H and O–H groups in total. The van der Waals surface area contributed by atoms with Crippen molar-refractivity contribution >= 4 is 0 Å². The van der Waals surface area contributed by atoms with E-state index in [0.717, 1.165) is 25.7 Å². The second-order valence-corrected chi connectivity index (χ2v) is 2.34. The van der Waals surface area contributed by atoms with Gasteiger partial charge in [0.25, 0.3) is 0 Å². The normalized spacial score (nSPS) is 10.9. The Hall–Kier alpha value is -1.03. The first kappa shape index (κ1) is 9.97. The fourth-order valence-corrected chi connectivity index (χ4v) is 0.774. The second kappa shape index (κ2) is 8.97. The van der Waals surface area contributed by atoms with Crippen LogP contribution in [0, 0.1) is 11.3 Å². The molecule has 0 bridgehead atoms. The van der Waals surface area contributed by atoms with Crippen LogP contribution in [0.3, 0.4) is 0 Å². The Kier molecular flexibility index (Phi) is 8.13. The van der Waals surface area contributed by atoms with Crippen LogP contribution in [0.5, 0.6) is 0 Å². The molecule has 0 aromatic heterocycles. The molecular weight excluding hydrogens is 134 g/mol. The molecule has 0 heterocycles. The largest absolute Gasteiger partial charge is 0.193 e. The van der Waals surface area contributed by atoms with Gasteiger partial charge in [-0.3, -0.25) is 0 Å². The highest BCUT2D eigenvalue weighted by molar-refractivity contribution is 5.01. The zero-order valence-electron chi connectivity index (χ0n) is 7.09. The first-order chi connectivity index (χ1) is 5.41. The maximum absolute atomic E-state index is 8.16. The minimum Gasteiger partial charge on any atom is -0.193 e. The third-order valence-electron chi connectivity index (χ3n) is 1.34. The van der Waals surface area contributed by atoms with Crippen molar-refractivity contribution in [1.29, 1.82) is 5.26 Å². The maximum atomic E-state index is 8.16. The molecule has 0 aliphatic rings. The number of nitriles is 1. The van der Waals surface area contributed by atoms with Crippen LogP contribution >= 0.6 is 0 Å². The van der Waals surface area contributed by atoms with Crippen molar-refractivity contribution in [3.63, 3.8) is 0 Å². The Labute approximate surface area is 69.0 Å². The Morgan fingerprint density at radius 1 is 1.18 bits per heavy atom. The van der Waals surface area contributed by atoms with Gasteiger partial charge in [-0.1, -0.05) is 25.2 Å². The average molecular weight is 149 g/mol. The van der Waals surface area contributed by atoms with Gasteiger partial charge in [0.1, 0.15) is 0 Å². The smallest absolute Gasteiger partial charge is 0.0908 e. The molecule has 0 saturated heterocycles. The molecule has 0 aromatic carbocycles. The molecule has 0 radical (unpaired) electrons. The Morgan fingerprint density at radius 3 is 2.55 bits per heavy atom. The minimum atomic E-state index is 1.02. The number of hydrogen-bond donors (Lipinski definition) is 0. The van der Waals surface area contributed by atoms with Crippen LogP contribution in [0.1, 0.15) is 32.6 Å². The molecule has 0 amide bonds. The van der Waals surface area contributed by atoms with E-state index in [9.17, 15) is 0 Å². The van der Waals surface area contributed by atoms with Crippen molar-refractivity contribution < 1.29 is 0 Å². The van der Waals surface area contributed by atoms with Crippen molar-refractivity contribution in [2.45, 2.75) is 32.6 Å². The fourth-order valence-electron chi connectivity index (χ4n) is 0.774. The van der Waals surface area contributed by atoms with Crippen LogP contribution < -0.4 is 0 Å². The van der Waals surface area contributed by atoms with Crippen molar-refractivity contribution in [3.8, 4) is 6.07 Å². The van der Waals surface area contributed by atoms with Gasteiger partial charge in [-0.15, -0.1) is 0 Å². The standard InChI is InChI=1S/C10H15N/c1-2-3-4-5-6-7-8-9-10-11/h3-4,8-9H,2,5-7H2,1H3. The summed E-state index contributed by atoms with van der Waals surface area (Å²) in [7, 11) is 0. The Bertz CT molecular complexity index is 160. The zero-order chi connectivity index (χ0) is 8.36. The van der Waals surface area contributed by atoms with Crippen molar-refractivity contribution in [2.75, 3.05) is 0 Å². The van der Waals surface area contributed by atoms with Crippen molar-refractivity contribution in [2.24, 2.45) is 0 Å². The van der Waals surface area contributed by atoms with Gasteiger partial charge in [0, 0.05) is 6.08 Å². The molecule has 0 aromatic rings. The highest BCUT2D eigenvalue weighted by Crippen LogP contribution is 1.97. The summed E-state index contributed by atoms with van der Waals surface area (Å²) in [6.07, 6.45) is 12.2. The quantitative estimate of drug-likeness (QED) is 0.334. The summed E-state index contributed by atoms with van der Waals surface area (Å²) in [6.45, 7) is 2.13. The van der Waals surface area contributed by atoms with Crippen LogP contribution in [0.15, 0.2) is 24.3 Å². The van der Waals surface area contributed by atoms with Gasteiger partial charge in [-0.05, 0) is 25.7 Å². The lowest BCUT2D eigenvalue weighted by atomic mass is 10.2. The van der Waals surface area contributed by atoms with E-state index in [-0.39, 0.29) is 0 Å². The van der Waals surface area contributed by atoms with Crippen LogP contribution in [-0.4, -0.2) is 0 Å². The fraction of sp³-hybridized carbons (Fsp3) is 0.500. The van der Waals surface area contributed by atoms with E-state index in [0.29, 0.717) is 0 Å². The lowest BCUT2D eigenvalue weighted by Crippen LogP contribution is -1.68. The van der Waals surface area contributed by atoms with Crippen LogP contribution in [-0.2, 0) is 0 Å². The van der Waals surface area contributed by atoms with Crippen LogP contribution in [0.25, 0.3) is 0 Å². The molecular formula is C10H15N. The number of hydrogen-bond acceptors (Lipinski definition) is 1. The Morgan fingerprint density at radius 2 is 1.91 bits per heavy atom. The molecule has 1 nitrogen and oxygen atoms in total. The van der Waals surface area contributed by atoms with E-state index in [1.807, 2.05) is 12.1 Å². The summed E-state index contributed by atoms with van der Waals surface area (Å²) in [4.78, 5) is 0. The summed E-state index contributed by atoms with van der Waals surface area (Å²) in [5.74, 6) is 0. The lowest BCUT2D eigenvalue weighted by Gasteiger charge is -1.87. The van der Waals surface area contributed by atoms with Gasteiger partial charge < -0.3 is 0 Å². The van der Waals surface area contributed by atoms with Gasteiger partial charge in [0.15, 0.2) is 0 Å². The van der Waals surface area contributed by atoms with E-state index < -0.39 is 0 Å². The first-order valence-corrected chi connectivity index (χ1v) is 4.11. The number of unbranched alkanes of at least 4 members (excludes halogenated alkanes) is 2. The van der Waals surface area contributed by atoms with Gasteiger partial charge in [-0.25, -0.2) is 0 Å². The molecule has 11 heavy (non-hydrogen) atoms. The molecule has 0 spiro atoms. The van der Waals surface area contributed by atoms with Crippen LogP contribution in [0.2, 0.25) is 0 Å². The van der Waals surface area contributed by atoms with E-state index in [4.69, 9.17) is 5.26 Å². The predicted molar refractivity (Wildman–Crippen MR) is 48.0 cm³/mol. The zero-order valence-corrected chi connectivity index (χ0v) is 7.09. The maximum Gasteiger partial charge on any atom is 0.0908 e. The van der Waals surface area contributed by atoms with Crippen molar-refractivity contribution in [3.05, 3.63) is 24.3 Å². The van der Waals surface area contributed by atoms with Crippen molar-refractivity contribution in [1.82, 2.24) is 0 Å². The highest BCUT2D eigenvalue weighted by Gasteiger charge is 1.78. The molecule has 0 rings (SSSR count). The summed E-state index contributed by atoms with van der Waals surface area (Å²) >= 11 is 0. The Balaban J connectivity index is 3.10. The first-order valence-electron chi connectivity index (χ1n) is 4.11. The summed E-state index contributed by atoms with van der Waals surface area (Å²) in [5, 5.41) is 8.16. The van der Waals surface area contributed by atoms with Gasteiger partial charge in [-0.2, -0.15) is 5.26 Å². The van der Waals surface area contributed by atoms with E-state index >= 15 is 0 Å². The van der Waals surface area contributed by atoms with Gasteiger partial charge in [0.2, 0.25) is 0 Å². The average Bonchev–Trinajstić information content (AvgIpc) is 2.03. The van der Waals surface area contributed by atoms with Gasteiger partial charge in [0.05, 0.1) is 6.07 Å². The molecule has 0 fully saturated rings.